The molecule has 2 aliphatic heterocycles. The lowest BCUT2D eigenvalue weighted by Gasteiger charge is -2.42. The predicted octanol–water partition coefficient (Wildman–Crippen LogP) is 7.22. The molecule has 2 saturated heterocycles. The van der Waals surface area contributed by atoms with Crippen molar-refractivity contribution in [1.82, 2.24) is 0 Å². The highest BCUT2D eigenvalue weighted by Gasteiger charge is 2.47. The summed E-state index contributed by atoms with van der Waals surface area (Å²) in [4.78, 5) is 25.6. The molecule has 0 spiro atoms. The van der Waals surface area contributed by atoms with Crippen LogP contribution < -0.4 is 0 Å². The molecule has 0 aliphatic carbocycles. The molecule has 2 fully saturated rings. The summed E-state index contributed by atoms with van der Waals surface area (Å²) in [5.74, 6) is -0.916. The topological polar surface area (TPSA) is 231 Å². The second kappa shape index (κ2) is 38.4. The Morgan fingerprint density at radius 2 is 0.785 bits per heavy atom. The number of hydrogen-bond acceptors (Lipinski definition) is 15. The molecule has 15 heteroatoms. The third kappa shape index (κ3) is 26.7. The zero-order chi connectivity index (χ0) is 47.5. The van der Waals surface area contributed by atoms with Gasteiger partial charge in [0.1, 0.15) is 55.4 Å². The summed E-state index contributed by atoms with van der Waals surface area (Å²) >= 11 is 0. The van der Waals surface area contributed by atoms with Crippen LogP contribution in [0.4, 0.5) is 0 Å². The minimum Gasteiger partial charge on any atom is -0.462 e. The van der Waals surface area contributed by atoms with Gasteiger partial charge in [-0.15, -0.1) is 0 Å². The van der Waals surface area contributed by atoms with Crippen LogP contribution >= 0.6 is 0 Å². The summed E-state index contributed by atoms with van der Waals surface area (Å²) in [5, 5.41) is 71.9. The number of aliphatic hydroxyl groups is 7. The van der Waals surface area contributed by atoms with Gasteiger partial charge in [0.25, 0.3) is 0 Å². The van der Waals surface area contributed by atoms with Crippen LogP contribution in [0.3, 0.4) is 0 Å². The summed E-state index contributed by atoms with van der Waals surface area (Å²) in [6.45, 7) is 2.58. The third-order valence-electron chi connectivity index (χ3n) is 12.8. The molecular weight excluding hydrogens is 841 g/mol. The van der Waals surface area contributed by atoms with E-state index in [1.807, 2.05) is 0 Å². The molecule has 0 radical (unpaired) electrons. The monoisotopic (exact) mass is 935 g/mol. The van der Waals surface area contributed by atoms with Crippen molar-refractivity contribution in [2.45, 2.75) is 280 Å². The molecule has 0 aromatic carbocycles. The van der Waals surface area contributed by atoms with Crippen LogP contribution in [-0.4, -0.2) is 142 Å². The lowest BCUT2D eigenvalue weighted by molar-refractivity contribution is -0.332. The van der Waals surface area contributed by atoms with E-state index >= 15 is 0 Å². The van der Waals surface area contributed by atoms with Crippen molar-refractivity contribution in [3.05, 3.63) is 0 Å². The first kappa shape index (κ1) is 59.6. The Balaban J connectivity index is 1.73. The fourth-order valence-electron chi connectivity index (χ4n) is 8.51. The quantitative estimate of drug-likeness (QED) is 0.0237. The second-order valence-electron chi connectivity index (χ2n) is 18.7. The van der Waals surface area contributed by atoms with Crippen molar-refractivity contribution >= 4 is 11.9 Å². The summed E-state index contributed by atoms with van der Waals surface area (Å²) in [6.07, 6.45) is 18.7. The van der Waals surface area contributed by atoms with Crippen LogP contribution in [0.15, 0.2) is 0 Å². The van der Waals surface area contributed by atoms with Gasteiger partial charge in [-0.1, -0.05) is 187 Å². The first-order valence-electron chi connectivity index (χ1n) is 26.1. The van der Waals surface area contributed by atoms with Gasteiger partial charge in [0, 0.05) is 12.8 Å². The Morgan fingerprint density at radius 3 is 1.20 bits per heavy atom. The van der Waals surface area contributed by atoms with Gasteiger partial charge in [-0.05, 0) is 12.8 Å². The van der Waals surface area contributed by atoms with E-state index in [1.165, 1.54) is 135 Å². The van der Waals surface area contributed by atoms with Gasteiger partial charge in [0.15, 0.2) is 18.7 Å². The molecule has 15 nitrogen and oxygen atoms in total. The largest absolute Gasteiger partial charge is 0.462 e. The lowest BCUT2D eigenvalue weighted by Crippen LogP contribution is -2.61. The van der Waals surface area contributed by atoms with E-state index in [9.17, 15) is 45.3 Å². The normalized spacial score (nSPS) is 26.3. The number of ether oxygens (including phenoxy) is 6. The smallest absolute Gasteiger partial charge is 0.306 e. The van der Waals surface area contributed by atoms with Gasteiger partial charge >= 0.3 is 11.9 Å². The van der Waals surface area contributed by atoms with Crippen LogP contribution in [0.25, 0.3) is 0 Å². The maximum absolute atomic E-state index is 13.0. The van der Waals surface area contributed by atoms with Crippen molar-refractivity contribution in [1.29, 1.82) is 0 Å². The fraction of sp³-hybridized carbons (Fsp3) is 0.960. The Kier molecular flexibility index (Phi) is 35.2. The minimum absolute atomic E-state index is 0.173. The summed E-state index contributed by atoms with van der Waals surface area (Å²) < 4.78 is 33.5. The third-order valence-corrected chi connectivity index (χ3v) is 12.8. The van der Waals surface area contributed by atoms with E-state index in [-0.39, 0.29) is 26.1 Å². The molecule has 2 heterocycles. The number of unbranched alkanes of at least 4 members (excludes halogenated alkanes) is 27. The Labute approximate surface area is 391 Å². The van der Waals surface area contributed by atoms with E-state index in [2.05, 4.69) is 13.8 Å². The Hall–Kier alpha value is -1.50. The van der Waals surface area contributed by atoms with E-state index in [1.54, 1.807) is 0 Å². The number of aliphatic hydroxyl groups excluding tert-OH is 7. The molecule has 11 unspecified atom stereocenters. The predicted molar refractivity (Wildman–Crippen MR) is 248 cm³/mol. The molecule has 0 amide bonds. The standard InChI is InChI=1S/C50H94O15/c1-3-5-7-9-11-13-14-15-16-17-18-19-20-21-22-23-24-25-27-29-31-33-42(53)63-38(35-60-41(52)32-30-28-26-12-10-8-6-4-2)36-61-49-48(59)46(57)44(55)40(65-49)37-62-50-47(58)45(56)43(54)39(34-51)64-50/h38-40,43-51,54-59H,3-37H2,1-2H3. The molecule has 65 heavy (non-hydrogen) atoms. The highest BCUT2D eigenvalue weighted by atomic mass is 16.7. The van der Waals surface area contributed by atoms with E-state index in [0.29, 0.717) is 12.8 Å². The first-order valence-corrected chi connectivity index (χ1v) is 26.1. The maximum Gasteiger partial charge on any atom is 0.306 e. The molecule has 0 bridgehead atoms. The molecule has 0 aromatic rings. The highest BCUT2D eigenvalue weighted by molar-refractivity contribution is 5.70. The molecule has 384 valence electrons. The van der Waals surface area contributed by atoms with E-state index in [4.69, 9.17) is 28.4 Å². The SMILES string of the molecule is CCCCCCCCCCCCCCCCCCCCCCCC(=O)OC(COC(=O)CCCCCCCCCC)COC1OC(COC2OC(CO)C(O)C(O)C2O)C(O)C(O)C1O. The van der Waals surface area contributed by atoms with Crippen molar-refractivity contribution in [2.75, 3.05) is 26.4 Å². The van der Waals surface area contributed by atoms with Gasteiger partial charge in [0.2, 0.25) is 0 Å². The fourth-order valence-corrected chi connectivity index (χ4v) is 8.51. The van der Waals surface area contributed by atoms with Crippen molar-refractivity contribution in [2.24, 2.45) is 0 Å². The van der Waals surface area contributed by atoms with Crippen LogP contribution in [0, 0.1) is 0 Å². The molecule has 2 aliphatic rings. The van der Waals surface area contributed by atoms with Crippen LogP contribution in [0.1, 0.15) is 213 Å². The molecule has 11 atom stereocenters. The first-order chi connectivity index (χ1) is 31.5. The zero-order valence-electron chi connectivity index (χ0n) is 40.5. The number of carbonyl (C=O) groups is 2. The zero-order valence-corrected chi connectivity index (χ0v) is 40.5. The van der Waals surface area contributed by atoms with Gasteiger partial charge in [-0.25, -0.2) is 0 Å². The van der Waals surface area contributed by atoms with Crippen LogP contribution in [0.2, 0.25) is 0 Å². The van der Waals surface area contributed by atoms with E-state index in [0.717, 1.165) is 38.5 Å². The van der Waals surface area contributed by atoms with Gasteiger partial charge in [-0.2, -0.15) is 0 Å². The van der Waals surface area contributed by atoms with Crippen molar-refractivity contribution in [3.63, 3.8) is 0 Å². The number of rotatable bonds is 41. The van der Waals surface area contributed by atoms with Crippen LogP contribution in [-0.2, 0) is 38.0 Å². The molecule has 0 aromatic heterocycles. The molecule has 0 saturated carbocycles. The van der Waals surface area contributed by atoms with Gasteiger partial charge in [0.05, 0.1) is 19.8 Å². The molecule has 7 N–H and O–H groups in total. The second-order valence-corrected chi connectivity index (χ2v) is 18.7. The van der Waals surface area contributed by atoms with Gasteiger partial charge in [-0.3, -0.25) is 9.59 Å². The Morgan fingerprint density at radius 1 is 0.431 bits per heavy atom. The maximum atomic E-state index is 13.0. The summed E-state index contributed by atoms with van der Waals surface area (Å²) in [6, 6.07) is 0. The van der Waals surface area contributed by atoms with E-state index < -0.39 is 92.7 Å². The summed E-state index contributed by atoms with van der Waals surface area (Å²) in [5.41, 5.74) is 0. The number of hydrogen-bond donors (Lipinski definition) is 7. The summed E-state index contributed by atoms with van der Waals surface area (Å²) in [7, 11) is 0. The molecular formula is C50H94O15. The number of esters is 2. The molecule has 2 rings (SSSR count). The van der Waals surface area contributed by atoms with Crippen molar-refractivity contribution < 1.29 is 73.8 Å². The lowest BCUT2D eigenvalue weighted by atomic mass is 9.98. The average Bonchev–Trinajstić information content (AvgIpc) is 3.30. The highest BCUT2D eigenvalue weighted by Crippen LogP contribution is 2.27. The van der Waals surface area contributed by atoms with Gasteiger partial charge < -0.3 is 64.2 Å². The number of carbonyl (C=O) groups excluding carboxylic acids is 2. The Bertz CT molecular complexity index is 1150. The van der Waals surface area contributed by atoms with Crippen molar-refractivity contribution in [3.8, 4) is 0 Å². The van der Waals surface area contributed by atoms with Crippen LogP contribution in [0.5, 0.6) is 0 Å². The average molecular weight is 935 g/mol. The minimum atomic E-state index is -1.76.